The second-order valence-corrected chi connectivity index (χ2v) is 5.04. The van der Waals surface area contributed by atoms with Gasteiger partial charge in [0.05, 0.1) is 11.9 Å². The van der Waals surface area contributed by atoms with Crippen molar-refractivity contribution in [2.75, 3.05) is 5.75 Å². The molecule has 18 heavy (non-hydrogen) atoms. The van der Waals surface area contributed by atoms with E-state index in [0.717, 1.165) is 0 Å². The Morgan fingerprint density at radius 1 is 1.67 bits per heavy atom. The summed E-state index contributed by atoms with van der Waals surface area (Å²) in [4.78, 5) is 24.3. The van der Waals surface area contributed by atoms with Crippen LogP contribution >= 0.6 is 11.8 Å². The molecule has 4 N–H and O–H groups in total. The van der Waals surface area contributed by atoms with Crippen molar-refractivity contribution in [3.63, 3.8) is 0 Å². The van der Waals surface area contributed by atoms with E-state index in [1.54, 1.807) is 0 Å². The second-order valence-electron chi connectivity index (χ2n) is 3.94. The lowest BCUT2D eigenvalue weighted by atomic mass is 10.0. The summed E-state index contributed by atoms with van der Waals surface area (Å²) in [7, 11) is 0. The number of nitrogens with two attached hydrogens (primary N) is 1. The van der Waals surface area contributed by atoms with E-state index in [0.29, 0.717) is 17.0 Å². The monoisotopic (exact) mass is 267 g/mol. The van der Waals surface area contributed by atoms with Crippen molar-refractivity contribution in [2.24, 2.45) is 5.73 Å². The largest absolute Gasteiger partial charge is 0.477 e. The van der Waals surface area contributed by atoms with E-state index in [2.05, 4.69) is 15.4 Å². The summed E-state index contributed by atoms with van der Waals surface area (Å²) < 4.78 is 0. The number of fused-ring (bicyclic) bond motifs is 1. The smallest absolute Gasteiger partial charge is 0.353 e. The predicted molar refractivity (Wildman–Crippen MR) is 62.0 cm³/mol. The summed E-state index contributed by atoms with van der Waals surface area (Å²) in [6, 6.07) is -0.620. The van der Waals surface area contributed by atoms with Crippen LogP contribution in [0.15, 0.2) is 11.9 Å². The molecule has 9 heteroatoms. The average molecular weight is 267 g/mol. The fraction of sp³-hybridized carbons (Fsp3) is 0.333. The van der Waals surface area contributed by atoms with E-state index in [1.165, 1.54) is 22.9 Å². The number of carboxylic acids is 1. The van der Waals surface area contributed by atoms with Gasteiger partial charge in [-0.1, -0.05) is 5.21 Å². The lowest BCUT2D eigenvalue weighted by Crippen LogP contribution is -2.68. The molecule has 0 spiro atoms. The second kappa shape index (κ2) is 3.82. The first-order valence-corrected chi connectivity index (χ1v) is 6.19. The van der Waals surface area contributed by atoms with Gasteiger partial charge in [0, 0.05) is 11.3 Å². The molecule has 1 amide bonds. The number of thioether (sulfide) groups is 1. The van der Waals surface area contributed by atoms with Crippen molar-refractivity contribution >= 4 is 29.2 Å². The maximum Gasteiger partial charge on any atom is 0.353 e. The highest BCUT2D eigenvalue weighted by Gasteiger charge is 2.52. The van der Waals surface area contributed by atoms with Crippen molar-refractivity contribution in [3.8, 4) is 0 Å². The Labute approximate surface area is 105 Å². The Kier molecular flexibility index (Phi) is 2.38. The topological polar surface area (TPSA) is 125 Å². The summed E-state index contributed by atoms with van der Waals surface area (Å²) in [6.45, 7) is 0. The first kappa shape index (κ1) is 11.2. The molecule has 0 bridgehead atoms. The number of hydrogen-bond donors (Lipinski definition) is 3. The average Bonchev–Trinajstić information content (AvgIpc) is 2.89. The van der Waals surface area contributed by atoms with Crippen LogP contribution in [0.1, 0.15) is 5.69 Å². The highest BCUT2D eigenvalue weighted by molar-refractivity contribution is 8.00. The Bertz CT molecular complexity index is 555. The molecule has 1 saturated heterocycles. The minimum atomic E-state index is -1.15. The number of nitrogens with one attached hydrogen (secondary N) is 1. The van der Waals surface area contributed by atoms with Crippen molar-refractivity contribution in [2.45, 2.75) is 11.4 Å². The minimum absolute atomic E-state index is 0.0310. The van der Waals surface area contributed by atoms with Gasteiger partial charge in [-0.3, -0.25) is 14.8 Å². The SMILES string of the molecule is NC1C(=O)N2C(C(=O)O)=C(c3cnn[nH]3)CS[C@@H]12. The molecule has 1 fully saturated rings. The van der Waals surface area contributed by atoms with Crippen LogP contribution in [-0.2, 0) is 9.59 Å². The van der Waals surface area contributed by atoms with Gasteiger partial charge in [-0.15, -0.1) is 16.9 Å². The molecular weight excluding hydrogens is 258 g/mol. The number of carbonyl (C=O) groups excluding carboxylic acids is 1. The van der Waals surface area contributed by atoms with Crippen LogP contribution in [0, 0.1) is 0 Å². The molecule has 3 rings (SSSR count). The molecule has 3 heterocycles. The van der Waals surface area contributed by atoms with Crippen molar-refractivity contribution in [1.82, 2.24) is 20.3 Å². The van der Waals surface area contributed by atoms with Crippen LogP contribution in [0.25, 0.3) is 5.57 Å². The lowest BCUT2D eigenvalue weighted by molar-refractivity contribution is -0.147. The Hall–Kier alpha value is -1.87. The standard InChI is InChI=1S/C9H9N5O3S/c10-5-7(15)14-6(9(16)17)3(2-18-8(5)14)4-1-11-13-12-4/h1,5,8H,2,10H2,(H,16,17)(H,11,12,13)/t5?,8-/m0/s1. The van der Waals surface area contributed by atoms with E-state index in [4.69, 9.17) is 5.73 Å². The fourth-order valence-corrected chi connectivity index (χ4v) is 3.38. The Morgan fingerprint density at radius 2 is 2.44 bits per heavy atom. The van der Waals surface area contributed by atoms with Gasteiger partial charge in [0.25, 0.3) is 0 Å². The summed E-state index contributed by atoms with van der Waals surface area (Å²) in [6.07, 6.45) is 1.43. The van der Waals surface area contributed by atoms with Gasteiger partial charge < -0.3 is 10.8 Å². The van der Waals surface area contributed by atoms with Crippen molar-refractivity contribution in [1.29, 1.82) is 0 Å². The van der Waals surface area contributed by atoms with Gasteiger partial charge in [0.2, 0.25) is 5.91 Å². The van der Waals surface area contributed by atoms with Crippen LogP contribution in [0.2, 0.25) is 0 Å². The van der Waals surface area contributed by atoms with Crippen LogP contribution in [0.3, 0.4) is 0 Å². The summed E-state index contributed by atoms with van der Waals surface area (Å²) in [5, 5.41) is 18.8. The van der Waals surface area contributed by atoms with Crippen LogP contribution in [0.4, 0.5) is 0 Å². The van der Waals surface area contributed by atoms with Crippen molar-refractivity contribution in [3.05, 3.63) is 17.6 Å². The van der Waals surface area contributed by atoms with Crippen LogP contribution in [0.5, 0.6) is 0 Å². The number of rotatable bonds is 2. The van der Waals surface area contributed by atoms with Crippen LogP contribution in [-0.4, -0.2) is 54.5 Å². The molecule has 2 atom stereocenters. The Balaban J connectivity index is 2.09. The normalized spacial score (nSPS) is 26.9. The third kappa shape index (κ3) is 1.37. The van der Waals surface area contributed by atoms with E-state index < -0.39 is 12.0 Å². The molecule has 1 unspecified atom stereocenters. The lowest BCUT2D eigenvalue weighted by Gasteiger charge is -2.47. The molecule has 0 aromatic carbocycles. The maximum atomic E-state index is 11.7. The number of H-pyrrole nitrogens is 1. The summed E-state index contributed by atoms with van der Waals surface area (Å²) >= 11 is 1.44. The number of amides is 1. The van der Waals surface area contributed by atoms with Crippen LogP contribution < -0.4 is 5.73 Å². The molecule has 2 aliphatic heterocycles. The predicted octanol–water partition coefficient (Wildman–Crippen LogP) is -1.16. The number of β-lactam (4-membered cyclic amide) rings is 1. The third-order valence-electron chi connectivity index (χ3n) is 2.95. The highest BCUT2D eigenvalue weighted by atomic mass is 32.2. The molecule has 8 nitrogen and oxygen atoms in total. The highest BCUT2D eigenvalue weighted by Crippen LogP contribution is 2.41. The number of carbonyl (C=O) groups is 2. The zero-order chi connectivity index (χ0) is 12.9. The number of aromatic nitrogens is 3. The molecule has 94 valence electrons. The van der Waals surface area contributed by atoms with Gasteiger partial charge in [-0.25, -0.2) is 4.79 Å². The molecule has 0 saturated carbocycles. The molecule has 1 aromatic rings. The van der Waals surface area contributed by atoms with E-state index in [1.807, 2.05) is 0 Å². The number of aliphatic carboxylic acids is 1. The molecule has 0 aliphatic carbocycles. The van der Waals surface area contributed by atoms with E-state index in [-0.39, 0.29) is 17.0 Å². The maximum absolute atomic E-state index is 11.7. The number of nitrogens with zero attached hydrogens (tertiary/aromatic N) is 3. The van der Waals surface area contributed by atoms with Gasteiger partial charge >= 0.3 is 5.97 Å². The van der Waals surface area contributed by atoms with E-state index >= 15 is 0 Å². The van der Waals surface area contributed by atoms with Gasteiger partial charge in [-0.05, 0) is 0 Å². The molecule has 1 aromatic heterocycles. The number of carboxylic acid groups (broad SMARTS) is 1. The number of aromatic amines is 1. The number of hydrogen-bond acceptors (Lipinski definition) is 6. The van der Waals surface area contributed by atoms with Gasteiger partial charge in [-0.2, -0.15) is 0 Å². The molecule has 0 radical (unpaired) electrons. The Morgan fingerprint density at radius 3 is 3.06 bits per heavy atom. The van der Waals surface area contributed by atoms with E-state index in [9.17, 15) is 14.7 Å². The van der Waals surface area contributed by atoms with Crippen molar-refractivity contribution < 1.29 is 14.7 Å². The summed E-state index contributed by atoms with van der Waals surface area (Å²) in [5.74, 6) is -1.06. The zero-order valence-corrected chi connectivity index (χ0v) is 9.85. The third-order valence-corrected chi connectivity index (χ3v) is 4.25. The summed E-state index contributed by atoms with van der Waals surface area (Å²) in [5.41, 5.74) is 6.63. The first-order valence-electron chi connectivity index (χ1n) is 5.14. The zero-order valence-electron chi connectivity index (χ0n) is 9.03. The minimum Gasteiger partial charge on any atom is -0.477 e. The fourth-order valence-electron chi connectivity index (χ4n) is 2.07. The quantitative estimate of drug-likeness (QED) is 0.577. The van der Waals surface area contributed by atoms with Gasteiger partial charge in [0.15, 0.2) is 0 Å². The van der Waals surface area contributed by atoms with Gasteiger partial charge in [0.1, 0.15) is 17.1 Å². The molecule has 2 aliphatic rings. The molecular formula is C9H9N5O3S. The first-order chi connectivity index (χ1) is 8.61.